The summed E-state index contributed by atoms with van der Waals surface area (Å²) >= 11 is 0. The molecule has 1 aromatic rings. The third-order valence-corrected chi connectivity index (χ3v) is 3.26. The Labute approximate surface area is 111 Å². The maximum Gasteiger partial charge on any atom is 0.128 e. The van der Waals surface area contributed by atoms with E-state index in [4.69, 9.17) is 5.73 Å². The minimum absolute atomic E-state index is 0.247. The summed E-state index contributed by atoms with van der Waals surface area (Å²) in [4.78, 5) is 6.73. The first-order chi connectivity index (χ1) is 8.52. The van der Waals surface area contributed by atoms with Gasteiger partial charge in [0.25, 0.3) is 0 Å². The standard InChI is InChI=1S/C15H27N3/c1-5-14(16)10-13-6-7-15(17-11-13)18(4)9-8-12(2)3/h6-7,11-12,14H,5,8-10,16H2,1-4H3. The van der Waals surface area contributed by atoms with Crippen LogP contribution in [0.15, 0.2) is 18.3 Å². The van der Waals surface area contributed by atoms with E-state index >= 15 is 0 Å². The Morgan fingerprint density at radius 3 is 2.56 bits per heavy atom. The Balaban J connectivity index is 2.53. The smallest absolute Gasteiger partial charge is 0.128 e. The van der Waals surface area contributed by atoms with E-state index in [-0.39, 0.29) is 6.04 Å². The summed E-state index contributed by atoms with van der Waals surface area (Å²) in [6.07, 6.45) is 5.08. The predicted molar refractivity (Wildman–Crippen MR) is 78.9 cm³/mol. The largest absolute Gasteiger partial charge is 0.360 e. The molecule has 2 N–H and O–H groups in total. The molecule has 102 valence electrons. The topological polar surface area (TPSA) is 42.1 Å². The maximum absolute atomic E-state index is 5.95. The van der Waals surface area contributed by atoms with Gasteiger partial charge in [0.2, 0.25) is 0 Å². The molecule has 0 aromatic carbocycles. The SMILES string of the molecule is CCC(N)Cc1ccc(N(C)CCC(C)C)nc1. The first-order valence-electron chi connectivity index (χ1n) is 6.94. The highest BCUT2D eigenvalue weighted by Crippen LogP contribution is 2.12. The van der Waals surface area contributed by atoms with E-state index in [9.17, 15) is 0 Å². The highest BCUT2D eigenvalue weighted by atomic mass is 15.2. The molecule has 0 aliphatic carbocycles. The van der Waals surface area contributed by atoms with E-state index < -0.39 is 0 Å². The molecule has 0 bridgehead atoms. The molecule has 0 aliphatic rings. The van der Waals surface area contributed by atoms with E-state index in [2.05, 4.69) is 49.8 Å². The molecule has 18 heavy (non-hydrogen) atoms. The highest BCUT2D eigenvalue weighted by molar-refractivity contribution is 5.38. The van der Waals surface area contributed by atoms with Crippen molar-refractivity contribution in [1.29, 1.82) is 0 Å². The lowest BCUT2D eigenvalue weighted by Crippen LogP contribution is -2.22. The minimum atomic E-state index is 0.247. The summed E-state index contributed by atoms with van der Waals surface area (Å²) in [6.45, 7) is 7.66. The van der Waals surface area contributed by atoms with Crippen LogP contribution in [0.3, 0.4) is 0 Å². The van der Waals surface area contributed by atoms with E-state index in [1.165, 1.54) is 12.0 Å². The van der Waals surface area contributed by atoms with Gasteiger partial charge in [-0.2, -0.15) is 0 Å². The van der Waals surface area contributed by atoms with Crippen LogP contribution in [0.4, 0.5) is 5.82 Å². The quantitative estimate of drug-likeness (QED) is 0.808. The lowest BCUT2D eigenvalue weighted by atomic mass is 10.1. The van der Waals surface area contributed by atoms with Gasteiger partial charge in [-0.25, -0.2) is 4.98 Å². The maximum atomic E-state index is 5.95. The zero-order valence-corrected chi connectivity index (χ0v) is 12.2. The van der Waals surface area contributed by atoms with Crippen molar-refractivity contribution in [2.75, 3.05) is 18.5 Å². The number of hydrogen-bond acceptors (Lipinski definition) is 3. The van der Waals surface area contributed by atoms with Crippen molar-refractivity contribution < 1.29 is 0 Å². The van der Waals surface area contributed by atoms with Gasteiger partial charge < -0.3 is 10.6 Å². The van der Waals surface area contributed by atoms with Gasteiger partial charge in [0.1, 0.15) is 5.82 Å². The first kappa shape index (κ1) is 15.0. The van der Waals surface area contributed by atoms with Crippen molar-refractivity contribution >= 4 is 5.82 Å². The van der Waals surface area contributed by atoms with E-state index in [1.807, 2.05) is 6.20 Å². The summed E-state index contributed by atoms with van der Waals surface area (Å²) < 4.78 is 0. The fourth-order valence-electron chi connectivity index (χ4n) is 1.78. The van der Waals surface area contributed by atoms with Gasteiger partial charge in [-0.1, -0.05) is 26.8 Å². The Hall–Kier alpha value is -1.09. The average molecular weight is 249 g/mol. The van der Waals surface area contributed by atoms with Crippen molar-refractivity contribution in [1.82, 2.24) is 4.98 Å². The third-order valence-electron chi connectivity index (χ3n) is 3.26. The molecule has 1 aromatic heterocycles. The van der Waals surface area contributed by atoms with Gasteiger partial charge in [-0.15, -0.1) is 0 Å². The van der Waals surface area contributed by atoms with Crippen LogP contribution in [-0.4, -0.2) is 24.6 Å². The van der Waals surface area contributed by atoms with Crippen LogP contribution in [0.5, 0.6) is 0 Å². The Morgan fingerprint density at radius 1 is 1.33 bits per heavy atom. The fraction of sp³-hybridized carbons (Fsp3) is 0.667. The monoisotopic (exact) mass is 249 g/mol. The average Bonchev–Trinajstić information content (AvgIpc) is 2.36. The van der Waals surface area contributed by atoms with Gasteiger partial charge in [-0.3, -0.25) is 0 Å². The molecule has 1 unspecified atom stereocenters. The number of aromatic nitrogens is 1. The molecule has 0 saturated carbocycles. The van der Waals surface area contributed by atoms with Crippen LogP contribution >= 0.6 is 0 Å². The number of hydrogen-bond donors (Lipinski definition) is 1. The molecule has 1 atom stereocenters. The first-order valence-corrected chi connectivity index (χ1v) is 6.94. The number of nitrogens with zero attached hydrogens (tertiary/aromatic N) is 2. The van der Waals surface area contributed by atoms with Crippen molar-refractivity contribution in [3.8, 4) is 0 Å². The molecule has 0 aliphatic heterocycles. The molecule has 0 amide bonds. The van der Waals surface area contributed by atoms with Gasteiger partial charge in [0.15, 0.2) is 0 Å². The molecular formula is C15H27N3. The van der Waals surface area contributed by atoms with Crippen molar-refractivity contribution in [3.63, 3.8) is 0 Å². The van der Waals surface area contributed by atoms with Gasteiger partial charge in [0, 0.05) is 25.8 Å². The number of rotatable bonds is 7. The second kappa shape index (κ2) is 7.37. The molecular weight excluding hydrogens is 222 g/mol. The Bertz CT molecular complexity index is 332. The van der Waals surface area contributed by atoms with Crippen LogP contribution in [0.2, 0.25) is 0 Å². The Morgan fingerprint density at radius 2 is 2.06 bits per heavy atom. The van der Waals surface area contributed by atoms with Gasteiger partial charge in [-0.05, 0) is 36.8 Å². The predicted octanol–water partition coefficient (Wildman–Crippen LogP) is 2.84. The number of nitrogens with two attached hydrogens (primary N) is 1. The molecule has 1 rings (SSSR count). The molecule has 1 heterocycles. The molecule has 3 heteroatoms. The van der Waals surface area contributed by atoms with E-state index in [0.717, 1.165) is 31.1 Å². The summed E-state index contributed by atoms with van der Waals surface area (Å²) in [7, 11) is 2.10. The fourth-order valence-corrected chi connectivity index (χ4v) is 1.78. The molecule has 0 spiro atoms. The summed E-state index contributed by atoms with van der Waals surface area (Å²) in [5, 5.41) is 0. The van der Waals surface area contributed by atoms with Crippen LogP contribution < -0.4 is 10.6 Å². The molecule has 0 radical (unpaired) electrons. The van der Waals surface area contributed by atoms with Crippen LogP contribution in [0, 0.1) is 5.92 Å². The lowest BCUT2D eigenvalue weighted by Gasteiger charge is -2.19. The second-order valence-electron chi connectivity index (χ2n) is 5.50. The summed E-state index contributed by atoms with van der Waals surface area (Å²) in [5.41, 5.74) is 7.17. The van der Waals surface area contributed by atoms with Crippen molar-refractivity contribution in [3.05, 3.63) is 23.9 Å². The van der Waals surface area contributed by atoms with Crippen LogP contribution in [0.25, 0.3) is 0 Å². The Kier molecular flexibility index (Phi) is 6.13. The highest BCUT2D eigenvalue weighted by Gasteiger charge is 2.05. The molecule has 0 saturated heterocycles. The zero-order valence-electron chi connectivity index (χ0n) is 12.2. The van der Waals surface area contributed by atoms with E-state index in [1.54, 1.807) is 0 Å². The van der Waals surface area contributed by atoms with E-state index in [0.29, 0.717) is 0 Å². The van der Waals surface area contributed by atoms with Gasteiger partial charge >= 0.3 is 0 Å². The van der Waals surface area contributed by atoms with Crippen molar-refractivity contribution in [2.24, 2.45) is 11.7 Å². The zero-order chi connectivity index (χ0) is 13.5. The summed E-state index contributed by atoms with van der Waals surface area (Å²) in [5.74, 6) is 1.78. The number of pyridine rings is 1. The summed E-state index contributed by atoms with van der Waals surface area (Å²) in [6, 6.07) is 4.48. The van der Waals surface area contributed by atoms with Crippen molar-refractivity contribution in [2.45, 2.75) is 46.1 Å². The second-order valence-corrected chi connectivity index (χ2v) is 5.50. The normalized spacial score (nSPS) is 12.8. The number of anilines is 1. The van der Waals surface area contributed by atoms with Crippen LogP contribution in [-0.2, 0) is 6.42 Å². The molecule has 3 nitrogen and oxygen atoms in total. The minimum Gasteiger partial charge on any atom is -0.360 e. The van der Waals surface area contributed by atoms with Gasteiger partial charge in [0.05, 0.1) is 0 Å². The third kappa shape index (κ3) is 5.05. The van der Waals surface area contributed by atoms with Crippen LogP contribution in [0.1, 0.15) is 39.2 Å². The lowest BCUT2D eigenvalue weighted by molar-refractivity contribution is 0.583. The molecule has 0 fully saturated rings.